The molecule has 1 saturated carbocycles. The fourth-order valence-corrected chi connectivity index (χ4v) is 2.61. The van der Waals surface area contributed by atoms with Crippen LogP contribution < -0.4 is 0 Å². The molecule has 2 unspecified atom stereocenters. The zero-order chi connectivity index (χ0) is 9.84. The van der Waals surface area contributed by atoms with Crippen molar-refractivity contribution in [3.05, 3.63) is 0 Å². The van der Waals surface area contributed by atoms with Crippen molar-refractivity contribution in [2.75, 3.05) is 0 Å². The maximum Gasteiger partial charge on any atom is 0.303 e. The van der Waals surface area contributed by atoms with Gasteiger partial charge in [0.1, 0.15) is 0 Å². The van der Waals surface area contributed by atoms with E-state index < -0.39 is 5.97 Å². The standard InChI is InChI=1S/C11H20O2/c1-8(2)10-5-3-4-9(10)6-7-11(12)13/h8-10H,3-7H2,1-2H3,(H,12,13). The van der Waals surface area contributed by atoms with E-state index in [4.69, 9.17) is 5.11 Å². The monoisotopic (exact) mass is 184 g/mol. The Labute approximate surface area is 80.3 Å². The van der Waals surface area contributed by atoms with Gasteiger partial charge < -0.3 is 5.11 Å². The Morgan fingerprint density at radius 1 is 1.46 bits per heavy atom. The highest BCUT2D eigenvalue weighted by Crippen LogP contribution is 2.39. The SMILES string of the molecule is CC(C)C1CCCC1CCC(=O)O. The van der Waals surface area contributed by atoms with Crippen molar-refractivity contribution >= 4 is 5.97 Å². The van der Waals surface area contributed by atoms with Gasteiger partial charge >= 0.3 is 5.97 Å². The highest BCUT2D eigenvalue weighted by atomic mass is 16.4. The van der Waals surface area contributed by atoms with Gasteiger partial charge in [-0.1, -0.05) is 26.7 Å². The van der Waals surface area contributed by atoms with Crippen molar-refractivity contribution < 1.29 is 9.90 Å². The molecule has 2 nitrogen and oxygen atoms in total. The molecule has 0 aromatic rings. The van der Waals surface area contributed by atoms with E-state index in [1.54, 1.807) is 0 Å². The lowest BCUT2D eigenvalue weighted by molar-refractivity contribution is -0.137. The molecule has 0 aliphatic heterocycles. The molecule has 2 atom stereocenters. The first-order valence-corrected chi connectivity index (χ1v) is 5.33. The van der Waals surface area contributed by atoms with Gasteiger partial charge in [-0.2, -0.15) is 0 Å². The van der Waals surface area contributed by atoms with Gasteiger partial charge in [-0.15, -0.1) is 0 Å². The molecule has 0 aromatic carbocycles. The highest BCUT2D eigenvalue weighted by Gasteiger charge is 2.29. The first-order chi connectivity index (χ1) is 6.11. The molecule has 13 heavy (non-hydrogen) atoms. The van der Waals surface area contributed by atoms with Crippen LogP contribution in [0.1, 0.15) is 46.0 Å². The number of carboxylic acid groups (broad SMARTS) is 1. The predicted molar refractivity (Wildman–Crippen MR) is 52.5 cm³/mol. The minimum atomic E-state index is -0.644. The van der Waals surface area contributed by atoms with Crippen LogP contribution in [0.5, 0.6) is 0 Å². The molecule has 0 heterocycles. The highest BCUT2D eigenvalue weighted by molar-refractivity contribution is 5.66. The molecule has 0 aromatic heterocycles. The van der Waals surface area contributed by atoms with Gasteiger partial charge in [0.2, 0.25) is 0 Å². The summed E-state index contributed by atoms with van der Waals surface area (Å²) >= 11 is 0. The van der Waals surface area contributed by atoms with E-state index in [2.05, 4.69) is 13.8 Å². The molecule has 0 spiro atoms. The van der Waals surface area contributed by atoms with Crippen molar-refractivity contribution in [2.24, 2.45) is 17.8 Å². The molecular weight excluding hydrogens is 164 g/mol. The third-order valence-corrected chi connectivity index (χ3v) is 3.30. The lowest BCUT2D eigenvalue weighted by Crippen LogP contribution is -2.15. The van der Waals surface area contributed by atoms with E-state index in [1.807, 2.05) is 0 Å². The molecule has 1 N–H and O–H groups in total. The van der Waals surface area contributed by atoms with Gasteiger partial charge in [0.25, 0.3) is 0 Å². The van der Waals surface area contributed by atoms with E-state index in [-0.39, 0.29) is 0 Å². The third-order valence-electron chi connectivity index (χ3n) is 3.30. The van der Waals surface area contributed by atoms with Crippen molar-refractivity contribution in [3.63, 3.8) is 0 Å². The normalized spacial score (nSPS) is 28.2. The van der Waals surface area contributed by atoms with Crippen LogP contribution in [-0.2, 0) is 4.79 Å². The lowest BCUT2D eigenvalue weighted by Gasteiger charge is -2.22. The van der Waals surface area contributed by atoms with Crippen LogP contribution in [0.25, 0.3) is 0 Å². The number of carbonyl (C=O) groups is 1. The summed E-state index contributed by atoms with van der Waals surface area (Å²) in [4.78, 5) is 10.4. The minimum absolute atomic E-state index is 0.355. The van der Waals surface area contributed by atoms with E-state index in [0.717, 1.165) is 18.3 Å². The molecule has 0 radical (unpaired) electrons. The van der Waals surface area contributed by atoms with E-state index >= 15 is 0 Å². The average molecular weight is 184 g/mol. The predicted octanol–water partition coefficient (Wildman–Crippen LogP) is 2.92. The smallest absolute Gasteiger partial charge is 0.303 e. The van der Waals surface area contributed by atoms with E-state index in [9.17, 15) is 4.79 Å². The van der Waals surface area contributed by atoms with Crippen LogP contribution in [0.15, 0.2) is 0 Å². The summed E-state index contributed by atoms with van der Waals surface area (Å²) in [6.07, 6.45) is 5.09. The molecule has 0 amide bonds. The van der Waals surface area contributed by atoms with Crippen molar-refractivity contribution in [1.82, 2.24) is 0 Å². The van der Waals surface area contributed by atoms with Gasteiger partial charge in [-0.3, -0.25) is 4.79 Å². The fourth-order valence-electron chi connectivity index (χ4n) is 2.61. The molecular formula is C11H20O2. The maximum absolute atomic E-state index is 10.4. The molecule has 1 aliphatic rings. The van der Waals surface area contributed by atoms with Crippen LogP contribution >= 0.6 is 0 Å². The Hall–Kier alpha value is -0.530. The summed E-state index contributed by atoms with van der Waals surface area (Å²) in [5.41, 5.74) is 0. The van der Waals surface area contributed by atoms with Crippen molar-refractivity contribution in [3.8, 4) is 0 Å². The molecule has 2 heteroatoms. The molecule has 1 aliphatic carbocycles. The second-order valence-electron chi connectivity index (χ2n) is 4.53. The van der Waals surface area contributed by atoms with Gasteiger partial charge in [0, 0.05) is 6.42 Å². The first-order valence-electron chi connectivity index (χ1n) is 5.33. The largest absolute Gasteiger partial charge is 0.481 e. The Bertz CT molecular complexity index is 175. The summed E-state index contributed by atoms with van der Waals surface area (Å²) in [5.74, 6) is 1.53. The lowest BCUT2D eigenvalue weighted by atomic mass is 9.83. The summed E-state index contributed by atoms with van der Waals surface area (Å²) in [6, 6.07) is 0. The summed E-state index contributed by atoms with van der Waals surface area (Å²) in [5, 5.41) is 8.60. The Morgan fingerprint density at radius 3 is 2.69 bits per heavy atom. The fraction of sp³-hybridized carbons (Fsp3) is 0.909. The van der Waals surface area contributed by atoms with Crippen molar-refractivity contribution in [1.29, 1.82) is 0 Å². The number of rotatable bonds is 4. The van der Waals surface area contributed by atoms with Crippen LogP contribution in [0.2, 0.25) is 0 Å². The maximum atomic E-state index is 10.4. The molecule has 1 fully saturated rings. The zero-order valence-corrected chi connectivity index (χ0v) is 8.62. The van der Waals surface area contributed by atoms with E-state index in [0.29, 0.717) is 12.3 Å². The Morgan fingerprint density at radius 2 is 2.15 bits per heavy atom. The quantitative estimate of drug-likeness (QED) is 0.729. The topological polar surface area (TPSA) is 37.3 Å². The van der Waals surface area contributed by atoms with Crippen LogP contribution in [0, 0.1) is 17.8 Å². The molecule has 1 rings (SSSR count). The third kappa shape index (κ3) is 3.02. The van der Waals surface area contributed by atoms with Crippen LogP contribution in [0.3, 0.4) is 0 Å². The first kappa shape index (κ1) is 10.6. The average Bonchev–Trinajstić information content (AvgIpc) is 2.47. The van der Waals surface area contributed by atoms with Crippen LogP contribution in [-0.4, -0.2) is 11.1 Å². The second kappa shape index (κ2) is 4.64. The molecule has 0 saturated heterocycles. The number of hydrogen-bond donors (Lipinski definition) is 1. The van der Waals surface area contributed by atoms with Gasteiger partial charge in [0.15, 0.2) is 0 Å². The van der Waals surface area contributed by atoms with Gasteiger partial charge in [0.05, 0.1) is 0 Å². The Kier molecular flexibility index (Phi) is 3.76. The molecule has 0 bridgehead atoms. The van der Waals surface area contributed by atoms with Crippen molar-refractivity contribution in [2.45, 2.75) is 46.0 Å². The molecule has 76 valence electrons. The Balaban J connectivity index is 2.35. The number of aliphatic carboxylic acids is 1. The minimum Gasteiger partial charge on any atom is -0.481 e. The number of hydrogen-bond acceptors (Lipinski definition) is 1. The number of carboxylic acids is 1. The summed E-state index contributed by atoms with van der Waals surface area (Å²) in [6.45, 7) is 4.51. The van der Waals surface area contributed by atoms with E-state index in [1.165, 1.54) is 19.3 Å². The summed E-state index contributed by atoms with van der Waals surface area (Å²) < 4.78 is 0. The second-order valence-corrected chi connectivity index (χ2v) is 4.53. The van der Waals surface area contributed by atoms with Gasteiger partial charge in [-0.25, -0.2) is 0 Å². The van der Waals surface area contributed by atoms with Gasteiger partial charge in [-0.05, 0) is 30.6 Å². The zero-order valence-electron chi connectivity index (χ0n) is 8.62. The summed E-state index contributed by atoms with van der Waals surface area (Å²) in [7, 11) is 0. The van der Waals surface area contributed by atoms with Crippen LogP contribution in [0.4, 0.5) is 0 Å².